The summed E-state index contributed by atoms with van der Waals surface area (Å²) in [6, 6.07) is 9.60. The van der Waals surface area contributed by atoms with Gasteiger partial charge in [0.1, 0.15) is 0 Å². The Morgan fingerprint density at radius 1 is 1.05 bits per heavy atom. The first-order valence-corrected chi connectivity index (χ1v) is 8.74. The van der Waals surface area contributed by atoms with Crippen LogP contribution in [0.3, 0.4) is 0 Å². The Kier molecular flexibility index (Phi) is 4.35. The minimum Gasteiger partial charge on any atom is -0.208 e. The van der Waals surface area contributed by atoms with Gasteiger partial charge in [-0.3, -0.25) is 0 Å². The van der Waals surface area contributed by atoms with Crippen molar-refractivity contribution in [2.75, 3.05) is 13.1 Å². The van der Waals surface area contributed by atoms with E-state index >= 15 is 0 Å². The summed E-state index contributed by atoms with van der Waals surface area (Å²) < 4.78 is 26.2. The molecule has 7 heteroatoms. The summed E-state index contributed by atoms with van der Waals surface area (Å²) in [6.45, 7) is 0.987. The predicted molar refractivity (Wildman–Crippen MR) is 84.3 cm³/mol. The molecule has 1 aliphatic rings. The zero-order chi connectivity index (χ0) is 15.4. The van der Waals surface area contributed by atoms with Crippen molar-refractivity contribution in [3.8, 4) is 0 Å². The molecule has 0 spiro atoms. The molecule has 2 aromatic rings. The Balaban J connectivity index is 1.63. The van der Waals surface area contributed by atoms with Gasteiger partial charge in [-0.1, -0.05) is 30.3 Å². The molecule has 22 heavy (non-hydrogen) atoms. The first-order chi connectivity index (χ1) is 10.6. The Labute approximate surface area is 130 Å². The van der Waals surface area contributed by atoms with Gasteiger partial charge in [-0.05, 0) is 24.5 Å². The molecule has 1 aromatic heterocycles. The summed E-state index contributed by atoms with van der Waals surface area (Å²) in [4.78, 5) is 1.67. The Bertz CT molecular complexity index is 718. The molecule has 0 radical (unpaired) electrons. The third-order valence-corrected chi connectivity index (χ3v) is 5.34. The lowest BCUT2D eigenvalue weighted by Gasteiger charge is -2.29. The van der Waals surface area contributed by atoms with Gasteiger partial charge in [0.2, 0.25) is 10.0 Å². The number of rotatable bonds is 4. The van der Waals surface area contributed by atoms with Crippen LogP contribution in [0.15, 0.2) is 48.1 Å². The van der Waals surface area contributed by atoms with Crippen molar-refractivity contribution in [3.05, 3.63) is 53.7 Å². The van der Waals surface area contributed by atoms with Crippen LogP contribution >= 0.6 is 0 Å². The van der Waals surface area contributed by atoms with E-state index in [0.717, 1.165) is 18.4 Å². The van der Waals surface area contributed by atoms with Crippen LogP contribution in [0, 0.1) is 0 Å². The van der Waals surface area contributed by atoms with Crippen molar-refractivity contribution in [3.63, 3.8) is 0 Å². The number of hydrogen-bond acceptors (Lipinski definition) is 4. The molecule has 0 N–H and O–H groups in total. The van der Waals surface area contributed by atoms with Crippen LogP contribution in [0.2, 0.25) is 0 Å². The first kappa shape index (κ1) is 14.9. The van der Waals surface area contributed by atoms with E-state index in [-0.39, 0.29) is 6.04 Å². The highest BCUT2D eigenvalue weighted by atomic mass is 32.2. The molecule has 0 atom stereocenters. The summed E-state index contributed by atoms with van der Waals surface area (Å²) in [6.07, 6.45) is 6.38. The molecular formula is C15H18N4O2S. The van der Waals surface area contributed by atoms with Crippen molar-refractivity contribution in [2.24, 2.45) is 0 Å². The van der Waals surface area contributed by atoms with Crippen molar-refractivity contribution < 1.29 is 8.42 Å². The minimum absolute atomic E-state index is 0.180. The van der Waals surface area contributed by atoms with Gasteiger partial charge in [0.15, 0.2) is 0 Å². The fourth-order valence-electron chi connectivity index (χ4n) is 2.56. The second kappa shape index (κ2) is 6.41. The first-order valence-electron chi connectivity index (χ1n) is 7.24. The van der Waals surface area contributed by atoms with Crippen LogP contribution in [0.4, 0.5) is 0 Å². The lowest BCUT2D eigenvalue weighted by atomic mass is 10.1. The molecule has 0 aliphatic carbocycles. The topological polar surface area (TPSA) is 68.1 Å². The summed E-state index contributed by atoms with van der Waals surface area (Å²) in [5.74, 6) is 0. The third-order valence-electron chi connectivity index (χ3n) is 3.78. The summed E-state index contributed by atoms with van der Waals surface area (Å²) >= 11 is 0. The molecule has 1 aliphatic heterocycles. The van der Waals surface area contributed by atoms with Crippen molar-refractivity contribution in [2.45, 2.75) is 18.9 Å². The third kappa shape index (κ3) is 3.42. The normalized spacial score (nSPS) is 18.0. The SMILES string of the molecule is O=S(=O)(/C=C/c1ccccc1)N1CCC(n2nccn2)CC1. The van der Waals surface area contributed by atoms with Crippen LogP contribution in [0.1, 0.15) is 24.4 Å². The second-order valence-electron chi connectivity index (χ2n) is 5.24. The monoisotopic (exact) mass is 318 g/mol. The van der Waals surface area contributed by atoms with Crippen LogP contribution in [0.25, 0.3) is 6.08 Å². The van der Waals surface area contributed by atoms with E-state index in [1.807, 2.05) is 30.3 Å². The maximum atomic E-state index is 12.4. The van der Waals surface area contributed by atoms with E-state index in [9.17, 15) is 8.42 Å². The van der Waals surface area contributed by atoms with Gasteiger partial charge in [-0.25, -0.2) is 8.42 Å². The fraction of sp³-hybridized carbons (Fsp3) is 0.333. The van der Waals surface area contributed by atoms with E-state index in [0.29, 0.717) is 13.1 Å². The van der Waals surface area contributed by atoms with Gasteiger partial charge in [0.25, 0.3) is 0 Å². The van der Waals surface area contributed by atoms with E-state index in [1.165, 1.54) is 9.71 Å². The average Bonchev–Trinajstić information content (AvgIpc) is 3.09. The van der Waals surface area contributed by atoms with E-state index < -0.39 is 10.0 Å². The molecule has 2 heterocycles. The zero-order valence-corrected chi connectivity index (χ0v) is 12.9. The van der Waals surface area contributed by atoms with Crippen molar-refractivity contribution >= 4 is 16.1 Å². The minimum atomic E-state index is -3.37. The number of benzene rings is 1. The highest BCUT2D eigenvalue weighted by Crippen LogP contribution is 2.23. The predicted octanol–water partition coefficient (Wildman–Crippen LogP) is 1.92. The molecule has 0 saturated carbocycles. The van der Waals surface area contributed by atoms with E-state index in [2.05, 4.69) is 10.2 Å². The van der Waals surface area contributed by atoms with E-state index in [4.69, 9.17) is 0 Å². The number of piperidine rings is 1. The highest BCUT2D eigenvalue weighted by Gasteiger charge is 2.27. The Morgan fingerprint density at radius 2 is 1.68 bits per heavy atom. The molecule has 116 valence electrons. The van der Waals surface area contributed by atoms with Crippen molar-refractivity contribution in [1.82, 2.24) is 19.3 Å². The summed E-state index contributed by atoms with van der Waals surface area (Å²) in [5, 5.41) is 9.54. The van der Waals surface area contributed by atoms with Gasteiger partial charge >= 0.3 is 0 Å². The molecule has 3 rings (SSSR count). The van der Waals surface area contributed by atoms with Crippen LogP contribution < -0.4 is 0 Å². The molecule has 0 unspecified atom stereocenters. The molecule has 1 fully saturated rings. The lowest BCUT2D eigenvalue weighted by molar-refractivity contribution is 0.246. The van der Waals surface area contributed by atoms with Gasteiger partial charge < -0.3 is 0 Å². The van der Waals surface area contributed by atoms with Gasteiger partial charge in [-0.15, -0.1) is 0 Å². The maximum absolute atomic E-state index is 12.4. The average molecular weight is 318 g/mol. The molecule has 1 aromatic carbocycles. The standard InChI is InChI=1S/C15H18N4O2S/c20-22(21,13-8-14-4-2-1-3-5-14)18-11-6-15(7-12-18)19-16-9-10-17-19/h1-5,8-10,13,15H,6-7,11-12H2/b13-8+. The maximum Gasteiger partial charge on any atom is 0.236 e. The summed E-state index contributed by atoms with van der Waals surface area (Å²) in [5.41, 5.74) is 0.877. The second-order valence-corrected chi connectivity index (χ2v) is 7.06. The van der Waals surface area contributed by atoms with Gasteiger partial charge in [-0.2, -0.15) is 19.3 Å². The zero-order valence-electron chi connectivity index (χ0n) is 12.1. The number of hydrogen-bond donors (Lipinski definition) is 0. The van der Waals surface area contributed by atoms with Gasteiger partial charge in [0, 0.05) is 18.5 Å². The largest absolute Gasteiger partial charge is 0.236 e. The smallest absolute Gasteiger partial charge is 0.208 e. The number of sulfonamides is 1. The fourth-order valence-corrected chi connectivity index (χ4v) is 3.78. The Hall–Kier alpha value is -1.99. The molecular weight excluding hydrogens is 300 g/mol. The van der Waals surface area contributed by atoms with Crippen LogP contribution in [0.5, 0.6) is 0 Å². The van der Waals surface area contributed by atoms with Gasteiger partial charge in [0.05, 0.1) is 18.4 Å². The Morgan fingerprint density at radius 3 is 2.32 bits per heavy atom. The quantitative estimate of drug-likeness (QED) is 0.863. The molecule has 0 amide bonds. The molecule has 0 bridgehead atoms. The molecule has 1 saturated heterocycles. The molecule has 6 nitrogen and oxygen atoms in total. The number of aromatic nitrogens is 3. The van der Waals surface area contributed by atoms with Crippen LogP contribution in [-0.2, 0) is 10.0 Å². The van der Waals surface area contributed by atoms with Crippen molar-refractivity contribution in [1.29, 1.82) is 0 Å². The summed E-state index contributed by atoms with van der Waals surface area (Å²) in [7, 11) is -3.37. The van der Waals surface area contributed by atoms with E-state index in [1.54, 1.807) is 23.3 Å². The lowest BCUT2D eigenvalue weighted by Crippen LogP contribution is -2.38. The van der Waals surface area contributed by atoms with Crippen LogP contribution in [-0.4, -0.2) is 40.8 Å². The number of nitrogens with zero attached hydrogens (tertiary/aromatic N) is 4. The highest BCUT2D eigenvalue weighted by molar-refractivity contribution is 7.92.